The molecule has 158 valence electrons. The zero-order chi connectivity index (χ0) is 20.8. The Morgan fingerprint density at radius 2 is 1.50 bits per heavy atom. The van der Waals surface area contributed by atoms with Gasteiger partial charge in [0.15, 0.2) is 0 Å². The van der Waals surface area contributed by atoms with Crippen molar-refractivity contribution in [2.75, 3.05) is 18.4 Å². The number of nitrogens with one attached hydrogen (secondary N) is 2. The number of sulfonamides is 1. The van der Waals surface area contributed by atoms with Crippen LogP contribution in [0.4, 0.5) is 5.69 Å². The number of piperidine rings is 1. The Bertz CT molecular complexity index is 1050. The summed E-state index contributed by atoms with van der Waals surface area (Å²) in [4.78, 5) is 15.9. The van der Waals surface area contributed by atoms with Crippen LogP contribution in [0.1, 0.15) is 44.1 Å². The maximum atomic E-state index is 13.7. The number of hydrogen-bond acceptors (Lipinski definition) is 4. The minimum absolute atomic E-state index is 0.195. The van der Waals surface area contributed by atoms with Gasteiger partial charge in [-0.2, -0.15) is 4.72 Å². The number of benzene rings is 2. The van der Waals surface area contributed by atoms with E-state index in [-0.39, 0.29) is 10.8 Å². The largest absolute Gasteiger partial charge is 0.365 e. The molecule has 0 bridgehead atoms. The molecule has 0 unspecified atom stereocenters. The Balaban J connectivity index is 1.37. The number of amides is 1. The minimum atomic E-state index is -3.57. The molecule has 1 spiro atoms. The fourth-order valence-corrected chi connectivity index (χ4v) is 6.93. The van der Waals surface area contributed by atoms with Gasteiger partial charge in [0.2, 0.25) is 15.9 Å². The van der Waals surface area contributed by atoms with Gasteiger partial charge < -0.3 is 10.2 Å². The third-order valence-corrected chi connectivity index (χ3v) is 8.57. The molecular weight excluding hydrogens is 398 g/mol. The van der Waals surface area contributed by atoms with Gasteiger partial charge in [0.1, 0.15) is 10.6 Å². The molecule has 2 fully saturated rings. The van der Waals surface area contributed by atoms with Crippen molar-refractivity contribution in [3.05, 3.63) is 60.2 Å². The minimum Gasteiger partial charge on any atom is -0.365 e. The van der Waals surface area contributed by atoms with E-state index in [1.807, 2.05) is 29.2 Å². The number of anilines is 1. The van der Waals surface area contributed by atoms with Crippen molar-refractivity contribution in [2.45, 2.75) is 54.5 Å². The molecule has 30 heavy (non-hydrogen) atoms. The van der Waals surface area contributed by atoms with Gasteiger partial charge in [-0.1, -0.05) is 55.3 Å². The van der Waals surface area contributed by atoms with Crippen LogP contribution in [0.2, 0.25) is 0 Å². The van der Waals surface area contributed by atoms with Crippen LogP contribution in [0.25, 0.3) is 0 Å². The van der Waals surface area contributed by atoms with Crippen LogP contribution in [-0.2, 0) is 20.2 Å². The summed E-state index contributed by atoms with van der Waals surface area (Å²) in [5, 5.41) is 3.41. The second kappa shape index (κ2) is 7.10. The Labute approximate surface area is 177 Å². The molecule has 1 saturated heterocycles. The number of nitrogens with zero attached hydrogens (tertiary/aromatic N) is 1. The first-order valence-electron chi connectivity index (χ1n) is 10.7. The van der Waals surface area contributed by atoms with Gasteiger partial charge in [0, 0.05) is 25.9 Å². The predicted molar refractivity (Wildman–Crippen MR) is 116 cm³/mol. The summed E-state index contributed by atoms with van der Waals surface area (Å²) in [5.74, 6) is 0.195. The van der Waals surface area contributed by atoms with Gasteiger partial charge in [0.05, 0.1) is 11.1 Å². The molecule has 2 heterocycles. The second-order valence-corrected chi connectivity index (χ2v) is 10.4. The van der Waals surface area contributed by atoms with Crippen LogP contribution in [0.15, 0.2) is 59.5 Å². The first kappa shape index (κ1) is 19.6. The Kier molecular flexibility index (Phi) is 4.63. The summed E-state index contributed by atoms with van der Waals surface area (Å²) in [5.41, 5.74) is 0.572. The van der Waals surface area contributed by atoms with E-state index in [0.717, 1.165) is 31.2 Å². The molecule has 1 amide bonds. The number of likely N-dealkylation sites (tertiary alicyclic amines) is 1. The van der Waals surface area contributed by atoms with Gasteiger partial charge in [-0.05, 0) is 30.5 Å². The van der Waals surface area contributed by atoms with Crippen LogP contribution >= 0.6 is 0 Å². The van der Waals surface area contributed by atoms with Crippen molar-refractivity contribution in [1.29, 1.82) is 0 Å². The maximum absolute atomic E-state index is 13.7. The number of para-hydroxylation sites is 1. The molecule has 0 aromatic heterocycles. The second-order valence-electron chi connectivity index (χ2n) is 8.76. The van der Waals surface area contributed by atoms with Crippen molar-refractivity contribution in [1.82, 2.24) is 9.62 Å². The van der Waals surface area contributed by atoms with E-state index in [0.29, 0.717) is 31.6 Å². The van der Waals surface area contributed by atoms with Crippen LogP contribution in [-0.4, -0.2) is 38.0 Å². The van der Waals surface area contributed by atoms with Crippen molar-refractivity contribution in [3.8, 4) is 0 Å². The van der Waals surface area contributed by atoms with E-state index in [9.17, 15) is 13.2 Å². The first-order chi connectivity index (χ1) is 14.4. The summed E-state index contributed by atoms with van der Waals surface area (Å²) < 4.78 is 28.4. The molecule has 2 aliphatic heterocycles. The lowest BCUT2D eigenvalue weighted by Gasteiger charge is -2.47. The Morgan fingerprint density at radius 1 is 0.867 bits per heavy atom. The van der Waals surface area contributed by atoms with Crippen molar-refractivity contribution in [3.63, 3.8) is 0 Å². The van der Waals surface area contributed by atoms with E-state index < -0.39 is 21.1 Å². The normalized spacial score (nSPS) is 23.5. The van der Waals surface area contributed by atoms with E-state index in [1.54, 1.807) is 18.2 Å². The quantitative estimate of drug-likeness (QED) is 0.774. The summed E-state index contributed by atoms with van der Waals surface area (Å²) in [7, 11) is -3.57. The van der Waals surface area contributed by atoms with Crippen LogP contribution < -0.4 is 10.0 Å². The molecule has 1 saturated carbocycles. The lowest BCUT2D eigenvalue weighted by Crippen LogP contribution is -2.63. The van der Waals surface area contributed by atoms with Gasteiger partial charge in [-0.25, -0.2) is 8.42 Å². The Morgan fingerprint density at radius 3 is 2.20 bits per heavy atom. The summed E-state index contributed by atoms with van der Waals surface area (Å²) in [6, 6.07) is 17.1. The van der Waals surface area contributed by atoms with E-state index in [1.165, 1.54) is 0 Å². The zero-order valence-corrected chi connectivity index (χ0v) is 17.7. The molecule has 2 aromatic rings. The highest BCUT2D eigenvalue weighted by molar-refractivity contribution is 7.89. The molecule has 0 radical (unpaired) electrons. The van der Waals surface area contributed by atoms with Gasteiger partial charge in [-0.3, -0.25) is 4.79 Å². The molecule has 1 aliphatic carbocycles. The first-order valence-corrected chi connectivity index (χ1v) is 12.2. The number of fused-ring (bicyclic) bond motifs is 1. The molecule has 2 N–H and O–H groups in total. The summed E-state index contributed by atoms with van der Waals surface area (Å²) >= 11 is 0. The lowest BCUT2D eigenvalue weighted by molar-refractivity contribution is -0.139. The SMILES string of the molecule is O=C(N1CCC2(CC1)Nc1ccccc1S(=O)(=O)N2)C1(c2ccccc2)CCCC1. The zero-order valence-electron chi connectivity index (χ0n) is 16.9. The summed E-state index contributed by atoms with van der Waals surface area (Å²) in [6.45, 7) is 1.07. The van der Waals surface area contributed by atoms with Crippen LogP contribution in [0.3, 0.4) is 0 Å². The highest BCUT2D eigenvalue weighted by Crippen LogP contribution is 2.44. The lowest BCUT2D eigenvalue weighted by atomic mass is 9.77. The van der Waals surface area contributed by atoms with E-state index >= 15 is 0 Å². The smallest absolute Gasteiger partial charge is 0.244 e. The van der Waals surface area contributed by atoms with Gasteiger partial charge >= 0.3 is 0 Å². The standard InChI is InChI=1S/C23H27N3O3S/c27-21(22(12-6-7-13-22)18-8-2-1-3-9-18)26-16-14-23(15-17-26)24-19-10-4-5-11-20(19)30(28,29)25-23/h1-5,8-11,24-25H,6-7,12-17H2. The van der Waals surface area contributed by atoms with Crippen molar-refractivity contribution in [2.24, 2.45) is 0 Å². The molecule has 5 rings (SSSR count). The maximum Gasteiger partial charge on any atom is 0.244 e. The van der Waals surface area contributed by atoms with Gasteiger partial charge in [-0.15, -0.1) is 0 Å². The average molecular weight is 426 g/mol. The third-order valence-electron chi connectivity index (χ3n) is 6.98. The third kappa shape index (κ3) is 3.11. The molecule has 7 heteroatoms. The summed E-state index contributed by atoms with van der Waals surface area (Å²) in [6.07, 6.45) is 4.98. The predicted octanol–water partition coefficient (Wildman–Crippen LogP) is 3.22. The molecule has 0 atom stereocenters. The highest BCUT2D eigenvalue weighted by Gasteiger charge is 2.48. The molecule has 6 nitrogen and oxygen atoms in total. The monoisotopic (exact) mass is 425 g/mol. The van der Waals surface area contributed by atoms with E-state index in [4.69, 9.17) is 0 Å². The molecule has 3 aliphatic rings. The van der Waals surface area contributed by atoms with Crippen LogP contribution in [0, 0.1) is 0 Å². The highest BCUT2D eigenvalue weighted by atomic mass is 32.2. The number of hydrogen-bond donors (Lipinski definition) is 2. The van der Waals surface area contributed by atoms with Crippen LogP contribution in [0.5, 0.6) is 0 Å². The number of carbonyl (C=O) groups is 1. The average Bonchev–Trinajstić information content (AvgIpc) is 3.25. The van der Waals surface area contributed by atoms with E-state index in [2.05, 4.69) is 22.2 Å². The molecular formula is C23H27N3O3S. The number of carbonyl (C=O) groups excluding carboxylic acids is 1. The Hall–Kier alpha value is -2.38. The fourth-order valence-electron chi connectivity index (χ4n) is 5.38. The van der Waals surface area contributed by atoms with Crippen molar-refractivity contribution >= 4 is 21.6 Å². The molecule has 2 aromatic carbocycles. The fraction of sp³-hybridized carbons (Fsp3) is 0.435. The van der Waals surface area contributed by atoms with Gasteiger partial charge in [0.25, 0.3) is 0 Å². The topological polar surface area (TPSA) is 78.5 Å². The number of rotatable bonds is 2. The van der Waals surface area contributed by atoms with Crippen molar-refractivity contribution < 1.29 is 13.2 Å².